The average Bonchev–Trinajstić information content (AvgIpc) is 3.12. The molecule has 1 aliphatic rings. The largest absolute Gasteiger partial charge is 0.497 e. The average molecular weight is 391 g/mol. The lowest BCUT2D eigenvalue weighted by Crippen LogP contribution is -2.29. The van der Waals surface area contributed by atoms with Crippen molar-refractivity contribution in [2.24, 2.45) is 0 Å². The molecule has 1 amide bonds. The van der Waals surface area contributed by atoms with Crippen LogP contribution in [0, 0.1) is 0 Å². The van der Waals surface area contributed by atoms with Gasteiger partial charge >= 0.3 is 6.18 Å². The van der Waals surface area contributed by atoms with E-state index in [1.165, 1.54) is 26.4 Å². The molecule has 0 fully saturated rings. The molecular weight excluding hydrogens is 379 g/mol. The Morgan fingerprint density at radius 1 is 1.15 bits per heavy atom. The number of halogens is 3. The molecule has 140 valence electrons. The van der Waals surface area contributed by atoms with Crippen molar-refractivity contribution >= 4 is 15.9 Å². The van der Waals surface area contributed by atoms with Crippen LogP contribution in [0.3, 0.4) is 0 Å². The van der Waals surface area contributed by atoms with Crippen LogP contribution in [0.1, 0.15) is 21.7 Å². The normalized spacial score (nSPS) is 15.9. The number of carbonyl (C=O) groups excluding carboxylic acids is 1. The van der Waals surface area contributed by atoms with E-state index < -0.39 is 34.2 Å². The number of fused-ring (bicyclic) bond motifs is 1. The summed E-state index contributed by atoms with van der Waals surface area (Å²) in [6.45, 7) is -0.683. The highest BCUT2D eigenvalue weighted by atomic mass is 32.2. The maximum Gasteiger partial charge on any atom is 0.419 e. The van der Waals surface area contributed by atoms with E-state index in [0.29, 0.717) is 16.6 Å². The van der Waals surface area contributed by atoms with Crippen molar-refractivity contribution in [3.05, 3.63) is 41.3 Å². The Labute approximate surface area is 146 Å². The summed E-state index contributed by atoms with van der Waals surface area (Å²) in [5.41, 5.74) is -1.27. The second kappa shape index (κ2) is 5.94. The van der Waals surface area contributed by atoms with Gasteiger partial charge in [0.25, 0.3) is 15.9 Å². The maximum atomic E-state index is 12.7. The molecule has 11 heteroatoms. The summed E-state index contributed by atoms with van der Waals surface area (Å²) in [4.78, 5) is 12.2. The van der Waals surface area contributed by atoms with Gasteiger partial charge in [0.05, 0.1) is 31.9 Å². The molecule has 0 N–H and O–H groups in total. The van der Waals surface area contributed by atoms with Gasteiger partial charge in [-0.2, -0.15) is 13.2 Å². The standard InChI is InChI=1S/C15H12F3NO6S/c1-23-9-4-11-13(12(5-9)24-2)26(21,22)19(14(11)20)6-10-3-8(7-25-10)15(16,17)18/h3-5,7H,6H2,1-2H3. The van der Waals surface area contributed by atoms with Crippen LogP contribution in [0.4, 0.5) is 13.2 Å². The van der Waals surface area contributed by atoms with Crippen molar-refractivity contribution in [2.75, 3.05) is 14.2 Å². The highest BCUT2D eigenvalue weighted by Gasteiger charge is 2.45. The molecule has 0 atom stereocenters. The SMILES string of the molecule is COc1cc(OC)c2c(c1)C(=O)N(Cc1cc(C(F)(F)F)co1)S2(=O)=O. The lowest BCUT2D eigenvalue weighted by atomic mass is 10.2. The van der Waals surface area contributed by atoms with Crippen molar-refractivity contribution in [2.45, 2.75) is 17.6 Å². The number of amides is 1. The van der Waals surface area contributed by atoms with Crippen molar-refractivity contribution in [3.63, 3.8) is 0 Å². The van der Waals surface area contributed by atoms with Crippen molar-refractivity contribution in [1.82, 2.24) is 4.31 Å². The fraction of sp³-hybridized carbons (Fsp3) is 0.267. The van der Waals surface area contributed by atoms with Gasteiger partial charge in [0, 0.05) is 6.07 Å². The number of hydrogen-bond donors (Lipinski definition) is 0. The summed E-state index contributed by atoms with van der Waals surface area (Å²) in [5, 5.41) is 0. The Kier molecular flexibility index (Phi) is 4.14. The number of carbonyl (C=O) groups is 1. The van der Waals surface area contributed by atoms with E-state index in [1.807, 2.05) is 0 Å². The van der Waals surface area contributed by atoms with Gasteiger partial charge in [-0.3, -0.25) is 4.79 Å². The van der Waals surface area contributed by atoms with Gasteiger partial charge < -0.3 is 13.9 Å². The second-order valence-electron chi connectivity index (χ2n) is 5.32. The second-order valence-corrected chi connectivity index (χ2v) is 7.12. The minimum atomic E-state index is -4.64. The van der Waals surface area contributed by atoms with Crippen LogP contribution in [-0.4, -0.2) is 32.8 Å². The summed E-state index contributed by atoms with van der Waals surface area (Å²) in [7, 11) is -1.78. The Morgan fingerprint density at radius 3 is 2.38 bits per heavy atom. The third-order valence-electron chi connectivity index (χ3n) is 3.77. The monoisotopic (exact) mass is 391 g/mol. The van der Waals surface area contributed by atoms with E-state index >= 15 is 0 Å². The zero-order valence-electron chi connectivity index (χ0n) is 13.5. The first-order valence-corrected chi connectivity index (χ1v) is 8.51. The number of furan rings is 1. The molecule has 2 aromatic rings. The molecule has 3 rings (SSSR count). The van der Waals surface area contributed by atoms with Crippen LogP contribution >= 0.6 is 0 Å². The van der Waals surface area contributed by atoms with Crippen LogP contribution in [0.5, 0.6) is 11.5 Å². The molecule has 0 bridgehead atoms. The zero-order valence-corrected chi connectivity index (χ0v) is 14.3. The van der Waals surface area contributed by atoms with E-state index in [1.54, 1.807) is 0 Å². The van der Waals surface area contributed by atoms with Crippen molar-refractivity contribution in [3.8, 4) is 11.5 Å². The molecule has 0 spiro atoms. The van der Waals surface area contributed by atoms with Gasteiger partial charge in [0.1, 0.15) is 28.4 Å². The Balaban J connectivity index is 2.03. The number of nitrogens with zero attached hydrogens (tertiary/aromatic N) is 1. The molecule has 2 heterocycles. The van der Waals surface area contributed by atoms with E-state index in [4.69, 9.17) is 13.9 Å². The summed E-state index contributed by atoms with van der Waals surface area (Å²) >= 11 is 0. The molecule has 7 nitrogen and oxygen atoms in total. The molecule has 0 aliphatic carbocycles. The van der Waals surface area contributed by atoms with Crippen LogP contribution in [0.15, 0.2) is 33.8 Å². The molecule has 26 heavy (non-hydrogen) atoms. The number of hydrogen-bond acceptors (Lipinski definition) is 6. The predicted molar refractivity (Wildman–Crippen MR) is 80.3 cm³/mol. The van der Waals surface area contributed by atoms with Gasteiger partial charge in [0.15, 0.2) is 0 Å². The number of alkyl halides is 3. The highest BCUT2D eigenvalue weighted by molar-refractivity contribution is 7.90. The molecule has 0 radical (unpaired) electrons. The minimum Gasteiger partial charge on any atom is -0.497 e. The Bertz CT molecular complexity index is 980. The summed E-state index contributed by atoms with van der Waals surface area (Å²) in [6.07, 6.45) is -4.19. The number of rotatable bonds is 4. The van der Waals surface area contributed by atoms with E-state index in [-0.39, 0.29) is 27.7 Å². The summed E-state index contributed by atoms with van der Waals surface area (Å²) < 4.78 is 78.6. The van der Waals surface area contributed by atoms with E-state index in [2.05, 4.69) is 0 Å². The van der Waals surface area contributed by atoms with Crippen LogP contribution < -0.4 is 9.47 Å². The molecule has 1 aliphatic heterocycles. The Morgan fingerprint density at radius 2 is 1.85 bits per heavy atom. The number of methoxy groups -OCH3 is 2. The van der Waals surface area contributed by atoms with E-state index in [9.17, 15) is 26.4 Å². The molecule has 0 saturated heterocycles. The van der Waals surface area contributed by atoms with Gasteiger partial charge in [-0.25, -0.2) is 12.7 Å². The van der Waals surface area contributed by atoms with Crippen LogP contribution in [0.25, 0.3) is 0 Å². The van der Waals surface area contributed by atoms with Gasteiger partial charge in [-0.15, -0.1) is 0 Å². The first kappa shape index (κ1) is 18.1. The highest BCUT2D eigenvalue weighted by Crippen LogP contribution is 2.41. The zero-order chi connectivity index (χ0) is 19.3. The first-order valence-electron chi connectivity index (χ1n) is 7.07. The van der Waals surface area contributed by atoms with E-state index in [0.717, 1.165) is 0 Å². The lowest BCUT2D eigenvalue weighted by Gasteiger charge is -2.13. The van der Waals surface area contributed by atoms with Crippen LogP contribution in [0.2, 0.25) is 0 Å². The molecular formula is C15H12F3NO6S. The number of sulfonamides is 1. The smallest absolute Gasteiger partial charge is 0.419 e. The van der Waals surface area contributed by atoms with Gasteiger partial charge in [-0.1, -0.05) is 0 Å². The fourth-order valence-corrected chi connectivity index (χ4v) is 4.19. The summed E-state index contributed by atoms with van der Waals surface area (Å²) in [6, 6.07) is 3.16. The van der Waals surface area contributed by atoms with Crippen LogP contribution in [-0.2, 0) is 22.7 Å². The predicted octanol–water partition coefficient (Wildman–Crippen LogP) is 2.66. The topological polar surface area (TPSA) is 86.1 Å². The summed E-state index contributed by atoms with van der Waals surface area (Å²) in [5.74, 6) is -1.15. The number of ether oxygens (including phenoxy) is 2. The first-order chi connectivity index (χ1) is 12.1. The lowest BCUT2D eigenvalue weighted by molar-refractivity contribution is -0.137. The van der Waals surface area contributed by atoms with Gasteiger partial charge in [0.2, 0.25) is 0 Å². The van der Waals surface area contributed by atoms with Gasteiger partial charge in [-0.05, 0) is 12.1 Å². The third-order valence-corrected chi connectivity index (χ3v) is 5.58. The van der Waals surface area contributed by atoms with Crippen molar-refractivity contribution < 1.29 is 40.3 Å². The maximum absolute atomic E-state index is 12.7. The number of benzene rings is 1. The third kappa shape index (κ3) is 2.77. The van der Waals surface area contributed by atoms with Crippen molar-refractivity contribution in [1.29, 1.82) is 0 Å². The molecule has 1 aromatic heterocycles. The Hall–Kier alpha value is -2.69. The molecule has 0 saturated carbocycles. The quantitative estimate of drug-likeness (QED) is 0.797. The minimum absolute atomic E-state index is 0.106. The fourth-order valence-electron chi connectivity index (χ4n) is 2.54. The molecule has 0 unspecified atom stereocenters. The molecule has 1 aromatic carbocycles.